The molecule has 0 rings (SSSR count). The molecule has 0 amide bonds. The van der Waals surface area contributed by atoms with Gasteiger partial charge in [0.25, 0.3) is 0 Å². The Balaban J connectivity index is 3.53. The number of nitrogens with zero attached hydrogens (tertiary/aromatic N) is 1. The fraction of sp³-hybridized carbons (Fsp3) is 0.960. The van der Waals surface area contributed by atoms with Gasteiger partial charge in [0.05, 0.1) is 47.4 Å². The summed E-state index contributed by atoms with van der Waals surface area (Å²) in [5, 5.41) is 0. The lowest BCUT2D eigenvalue weighted by molar-refractivity contribution is -0.890. The van der Waals surface area contributed by atoms with Crippen molar-refractivity contribution in [1.82, 2.24) is 0 Å². The van der Waals surface area contributed by atoms with Crippen molar-refractivity contribution in [2.24, 2.45) is 0 Å². The van der Waals surface area contributed by atoms with Gasteiger partial charge in [-0.15, -0.1) is 0 Å². The second-order valence-electron chi connectivity index (χ2n) is 9.70. The van der Waals surface area contributed by atoms with Gasteiger partial charge < -0.3 is 18.9 Å². The molecule has 34 heavy (non-hydrogen) atoms. The molecule has 204 valence electrons. The fourth-order valence-corrected chi connectivity index (χ4v) is 4.36. The van der Waals surface area contributed by atoms with Gasteiger partial charge in [-0.3, -0.25) is 13.8 Å². The maximum absolute atomic E-state index is 12.0. The molecule has 0 spiro atoms. The maximum Gasteiger partial charge on any atom is 0.472 e. The highest BCUT2D eigenvalue weighted by molar-refractivity contribution is 7.47. The van der Waals surface area contributed by atoms with Crippen LogP contribution in [-0.4, -0.2) is 76.1 Å². The van der Waals surface area contributed by atoms with Gasteiger partial charge in [-0.1, -0.05) is 77.6 Å². The quantitative estimate of drug-likeness (QED) is 0.0711. The summed E-state index contributed by atoms with van der Waals surface area (Å²) in [5.41, 5.74) is 0. The largest absolute Gasteiger partial charge is 0.472 e. The molecule has 0 aliphatic carbocycles. The lowest BCUT2D eigenvalue weighted by Crippen LogP contribution is -2.43. The van der Waals surface area contributed by atoms with E-state index in [-0.39, 0.29) is 25.8 Å². The van der Waals surface area contributed by atoms with Crippen LogP contribution in [0, 0.1) is 0 Å². The van der Waals surface area contributed by atoms with Crippen molar-refractivity contribution in [2.45, 2.75) is 96.8 Å². The van der Waals surface area contributed by atoms with Crippen LogP contribution in [0.15, 0.2) is 0 Å². The molecule has 0 bridgehead atoms. The molecule has 9 heteroatoms. The molecular formula is C25H53NO7P+. The first kappa shape index (κ1) is 33.5. The number of esters is 1. The minimum atomic E-state index is -4.08. The number of phosphoric acid groups is 1. The fourth-order valence-electron chi connectivity index (χ4n) is 3.66. The summed E-state index contributed by atoms with van der Waals surface area (Å²) in [6.07, 6.45) is 16.7. The minimum absolute atomic E-state index is 0.0312. The van der Waals surface area contributed by atoms with Crippen molar-refractivity contribution in [2.75, 3.05) is 60.7 Å². The zero-order chi connectivity index (χ0) is 25.5. The third-order valence-electron chi connectivity index (χ3n) is 5.95. The first-order valence-corrected chi connectivity index (χ1v) is 14.8. The number of quaternary nitrogens is 1. The summed E-state index contributed by atoms with van der Waals surface area (Å²) in [6.45, 7) is 4.58. The SMILES string of the molecule is CCCCCCCCCCCCCCOCCOP(=O)(O)OCC[N+](C)(C)CCCC(=O)OC. The average Bonchev–Trinajstić information content (AvgIpc) is 2.78. The minimum Gasteiger partial charge on any atom is -0.469 e. The Hall–Kier alpha value is -0.500. The topological polar surface area (TPSA) is 91.3 Å². The molecule has 0 aliphatic rings. The molecule has 8 nitrogen and oxygen atoms in total. The Morgan fingerprint density at radius 2 is 1.26 bits per heavy atom. The van der Waals surface area contributed by atoms with Crippen molar-refractivity contribution >= 4 is 13.8 Å². The van der Waals surface area contributed by atoms with Crippen LogP contribution in [0.1, 0.15) is 96.8 Å². The van der Waals surface area contributed by atoms with Crippen molar-refractivity contribution in [3.05, 3.63) is 0 Å². The Kier molecular flexibility index (Phi) is 21.4. The number of hydrogen-bond donors (Lipinski definition) is 1. The van der Waals surface area contributed by atoms with Crippen LogP contribution >= 0.6 is 7.82 Å². The van der Waals surface area contributed by atoms with E-state index in [1.165, 1.54) is 71.3 Å². The molecule has 0 heterocycles. The lowest BCUT2D eigenvalue weighted by Gasteiger charge is -2.29. The zero-order valence-corrected chi connectivity index (χ0v) is 23.3. The highest BCUT2D eigenvalue weighted by atomic mass is 31.2. The molecule has 0 aromatic carbocycles. The molecule has 0 saturated heterocycles. The Morgan fingerprint density at radius 1 is 0.735 bits per heavy atom. The number of ether oxygens (including phenoxy) is 2. The van der Waals surface area contributed by atoms with Gasteiger partial charge in [0.15, 0.2) is 0 Å². The molecular weight excluding hydrogens is 457 g/mol. The first-order chi connectivity index (χ1) is 16.2. The van der Waals surface area contributed by atoms with Gasteiger partial charge in [0.1, 0.15) is 13.2 Å². The van der Waals surface area contributed by atoms with E-state index in [0.717, 1.165) is 19.4 Å². The number of unbranched alkanes of at least 4 members (excludes halogenated alkanes) is 11. The predicted molar refractivity (Wildman–Crippen MR) is 137 cm³/mol. The van der Waals surface area contributed by atoms with Crippen LogP contribution < -0.4 is 0 Å². The first-order valence-electron chi connectivity index (χ1n) is 13.3. The van der Waals surface area contributed by atoms with Crippen LogP contribution in [0.25, 0.3) is 0 Å². The summed E-state index contributed by atoms with van der Waals surface area (Å²) in [7, 11) is 1.26. The van der Waals surface area contributed by atoms with E-state index in [1.54, 1.807) is 0 Å². The van der Waals surface area contributed by atoms with E-state index in [1.807, 2.05) is 14.1 Å². The maximum atomic E-state index is 12.0. The van der Waals surface area contributed by atoms with Crippen molar-refractivity contribution in [3.8, 4) is 0 Å². The summed E-state index contributed by atoms with van der Waals surface area (Å²) in [4.78, 5) is 21.0. The third-order valence-corrected chi connectivity index (χ3v) is 6.97. The summed E-state index contributed by atoms with van der Waals surface area (Å²) in [6, 6.07) is 0. The Morgan fingerprint density at radius 3 is 1.82 bits per heavy atom. The standard InChI is InChI=1S/C25H52NO7P/c1-5-6-7-8-9-10-11-12-13-14-15-16-21-31-23-24-33-34(28,29)32-22-20-26(2,3)19-17-18-25(27)30-4/h5-24H2,1-4H3/p+1. The molecule has 0 radical (unpaired) electrons. The second-order valence-corrected chi connectivity index (χ2v) is 11.2. The van der Waals surface area contributed by atoms with Crippen LogP contribution in [-0.2, 0) is 27.9 Å². The lowest BCUT2D eigenvalue weighted by atomic mass is 10.1. The van der Waals surface area contributed by atoms with Crippen molar-refractivity contribution in [3.63, 3.8) is 0 Å². The van der Waals surface area contributed by atoms with E-state index >= 15 is 0 Å². The molecule has 0 aliphatic heterocycles. The number of likely N-dealkylation sites (N-methyl/N-ethyl adjacent to an activating group) is 1. The number of phosphoric ester groups is 1. The van der Waals surface area contributed by atoms with Gasteiger partial charge in [0, 0.05) is 13.0 Å². The summed E-state index contributed by atoms with van der Waals surface area (Å²) in [5.74, 6) is -0.231. The van der Waals surface area contributed by atoms with Gasteiger partial charge >= 0.3 is 13.8 Å². The Labute approximate surface area is 208 Å². The molecule has 1 N–H and O–H groups in total. The Bertz CT molecular complexity index is 531. The predicted octanol–water partition coefficient (Wildman–Crippen LogP) is 5.87. The van der Waals surface area contributed by atoms with Gasteiger partial charge in [-0.25, -0.2) is 4.57 Å². The van der Waals surface area contributed by atoms with Crippen molar-refractivity contribution < 1.29 is 37.3 Å². The summed E-state index contributed by atoms with van der Waals surface area (Å²) < 4.78 is 32.7. The zero-order valence-electron chi connectivity index (χ0n) is 22.4. The number of rotatable bonds is 25. The van der Waals surface area contributed by atoms with Crippen LogP contribution in [0.2, 0.25) is 0 Å². The number of carbonyl (C=O) groups excluding carboxylic acids is 1. The monoisotopic (exact) mass is 510 g/mol. The smallest absolute Gasteiger partial charge is 0.469 e. The molecule has 1 atom stereocenters. The van der Waals surface area contributed by atoms with Crippen LogP contribution in [0.5, 0.6) is 0 Å². The highest BCUT2D eigenvalue weighted by Gasteiger charge is 2.23. The number of methoxy groups -OCH3 is 1. The number of carbonyl (C=O) groups is 1. The molecule has 0 fully saturated rings. The summed E-state index contributed by atoms with van der Waals surface area (Å²) >= 11 is 0. The third kappa shape index (κ3) is 23.3. The molecule has 1 unspecified atom stereocenters. The van der Waals surface area contributed by atoms with Gasteiger partial charge in [0.2, 0.25) is 0 Å². The second kappa shape index (κ2) is 21.8. The van der Waals surface area contributed by atoms with Crippen LogP contribution in [0.3, 0.4) is 0 Å². The molecule has 0 aromatic heterocycles. The van der Waals surface area contributed by atoms with Crippen LogP contribution in [0.4, 0.5) is 0 Å². The molecule has 0 saturated carbocycles. The molecule has 0 aromatic rings. The van der Waals surface area contributed by atoms with E-state index in [9.17, 15) is 14.3 Å². The van der Waals surface area contributed by atoms with E-state index in [2.05, 4.69) is 11.7 Å². The highest BCUT2D eigenvalue weighted by Crippen LogP contribution is 2.42. The number of hydrogen-bond acceptors (Lipinski definition) is 6. The van der Waals surface area contributed by atoms with Gasteiger partial charge in [-0.2, -0.15) is 0 Å². The average molecular weight is 511 g/mol. The van der Waals surface area contributed by atoms with E-state index in [0.29, 0.717) is 30.5 Å². The van der Waals surface area contributed by atoms with Crippen molar-refractivity contribution in [1.29, 1.82) is 0 Å². The van der Waals surface area contributed by atoms with E-state index in [4.69, 9.17) is 13.8 Å². The normalized spacial score (nSPS) is 13.7. The van der Waals surface area contributed by atoms with Gasteiger partial charge in [-0.05, 0) is 6.42 Å². The van der Waals surface area contributed by atoms with E-state index < -0.39 is 7.82 Å².